The highest BCUT2D eigenvalue weighted by Crippen LogP contribution is 2.29. The smallest absolute Gasteiger partial charge is 0.194 e. The fourth-order valence-electron chi connectivity index (χ4n) is 3.99. The third kappa shape index (κ3) is 3.80. The van der Waals surface area contributed by atoms with E-state index in [1.807, 2.05) is 13.0 Å². The second-order valence-corrected chi connectivity index (χ2v) is 7.41. The number of nitrogens with zero attached hydrogens (tertiary/aromatic N) is 2. The number of piperazine rings is 1. The van der Waals surface area contributed by atoms with Crippen LogP contribution in [0.15, 0.2) is 47.3 Å². The molecule has 1 aromatic heterocycles. The molecule has 1 fully saturated rings. The molecule has 0 atom stereocenters. The van der Waals surface area contributed by atoms with Crippen molar-refractivity contribution in [2.24, 2.45) is 0 Å². The summed E-state index contributed by atoms with van der Waals surface area (Å²) in [4.78, 5) is 21.4. The van der Waals surface area contributed by atoms with E-state index < -0.39 is 0 Å². The van der Waals surface area contributed by atoms with Gasteiger partial charge in [0, 0.05) is 55.7 Å². The molecule has 4 rings (SSSR count). The molecular formula is C23H27N3O3. The highest BCUT2D eigenvalue weighted by atomic mass is 16.5. The van der Waals surface area contributed by atoms with Crippen LogP contribution >= 0.6 is 0 Å². The predicted molar refractivity (Wildman–Crippen MR) is 116 cm³/mol. The molecule has 2 aromatic carbocycles. The Bertz CT molecular complexity index is 1050. The summed E-state index contributed by atoms with van der Waals surface area (Å²) in [5.74, 6) is 1.23. The zero-order chi connectivity index (χ0) is 20.4. The van der Waals surface area contributed by atoms with E-state index in [-0.39, 0.29) is 5.43 Å². The molecule has 1 saturated heterocycles. The molecule has 0 unspecified atom stereocenters. The number of anilines is 1. The molecule has 152 valence electrons. The minimum atomic E-state index is 0.0407. The van der Waals surface area contributed by atoms with Gasteiger partial charge in [-0.2, -0.15) is 0 Å². The fraction of sp³-hybridized carbons (Fsp3) is 0.348. The van der Waals surface area contributed by atoms with Crippen molar-refractivity contribution < 1.29 is 9.47 Å². The minimum absolute atomic E-state index is 0.0407. The van der Waals surface area contributed by atoms with E-state index in [1.165, 1.54) is 5.69 Å². The summed E-state index contributed by atoms with van der Waals surface area (Å²) in [6.45, 7) is 6.35. The van der Waals surface area contributed by atoms with Crippen LogP contribution < -0.4 is 19.8 Å². The number of aromatic amines is 1. The van der Waals surface area contributed by atoms with Crippen LogP contribution in [-0.4, -0.2) is 50.3 Å². The lowest BCUT2D eigenvalue weighted by Crippen LogP contribution is -2.46. The zero-order valence-corrected chi connectivity index (χ0v) is 17.2. The minimum Gasteiger partial charge on any atom is -0.497 e. The van der Waals surface area contributed by atoms with Gasteiger partial charge in [0.1, 0.15) is 11.5 Å². The fourth-order valence-corrected chi connectivity index (χ4v) is 3.99. The van der Waals surface area contributed by atoms with Gasteiger partial charge in [0.2, 0.25) is 0 Å². The molecule has 6 heteroatoms. The van der Waals surface area contributed by atoms with Crippen molar-refractivity contribution >= 4 is 16.6 Å². The summed E-state index contributed by atoms with van der Waals surface area (Å²) in [5, 5.41) is 0.602. The molecular weight excluding hydrogens is 366 g/mol. The second-order valence-electron chi connectivity index (χ2n) is 7.41. The van der Waals surface area contributed by atoms with Gasteiger partial charge in [-0.25, -0.2) is 0 Å². The Kier molecular flexibility index (Phi) is 5.45. The van der Waals surface area contributed by atoms with Gasteiger partial charge in [0.15, 0.2) is 5.43 Å². The van der Waals surface area contributed by atoms with Crippen LogP contribution in [0.1, 0.15) is 11.3 Å². The number of rotatable bonds is 5. The Morgan fingerprint density at radius 2 is 1.72 bits per heavy atom. The number of aryl methyl sites for hydroxylation is 1. The first kappa shape index (κ1) is 19.3. The Hall–Kier alpha value is -2.99. The Balaban J connectivity index is 1.58. The van der Waals surface area contributed by atoms with Crippen molar-refractivity contribution in [2.75, 3.05) is 45.3 Å². The Morgan fingerprint density at radius 3 is 2.38 bits per heavy atom. The lowest BCUT2D eigenvalue weighted by atomic mass is 10.1. The molecule has 0 saturated carbocycles. The van der Waals surface area contributed by atoms with Gasteiger partial charge in [0.25, 0.3) is 0 Å². The molecule has 0 aliphatic carbocycles. The summed E-state index contributed by atoms with van der Waals surface area (Å²) in [5.41, 5.74) is 3.70. The van der Waals surface area contributed by atoms with Gasteiger partial charge in [-0.1, -0.05) is 18.2 Å². The Morgan fingerprint density at radius 1 is 1.00 bits per heavy atom. The number of hydrogen-bond donors (Lipinski definition) is 1. The number of H-pyrrole nitrogens is 1. The number of methoxy groups -OCH3 is 2. The van der Waals surface area contributed by atoms with Gasteiger partial charge in [0.05, 0.1) is 25.1 Å². The monoisotopic (exact) mass is 393 g/mol. The van der Waals surface area contributed by atoms with Gasteiger partial charge < -0.3 is 19.4 Å². The van der Waals surface area contributed by atoms with Crippen LogP contribution in [0.25, 0.3) is 10.9 Å². The van der Waals surface area contributed by atoms with Gasteiger partial charge in [-0.15, -0.1) is 0 Å². The van der Waals surface area contributed by atoms with E-state index in [0.717, 1.165) is 37.4 Å². The van der Waals surface area contributed by atoms with E-state index in [1.54, 1.807) is 26.4 Å². The summed E-state index contributed by atoms with van der Waals surface area (Å²) in [6.07, 6.45) is 0. The molecule has 0 amide bonds. The van der Waals surface area contributed by atoms with E-state index in [9.17, 15) is 4.79 Å². The molecule has 0 bridgehead atoms. The normalized spacial score (nSPS) is 14.9. The number of pyridine rings is 1. The average Bonchev–Trinajstić information content (AvgIpc) is 2.77. The van der Waals surface area contributed by atoms with Crippen LogP contribution in [0.5, 0.6) is 11.5 Å². The first-order valence-corrected chi connectivity index (χ1v) is 9.90. The summed E-state index contributed by atoms with van der Waals surface area (Å²) >= 11 is 0. The lowest BCUT2D eigenvalue weighted by molar-refractivity contribution is 0.248. The number of benzene rings is 2. The van der Waals surface area contributed by atoms with E-state index in [2.05, 4.69) is 39.0 Å². The Labute approximate surface area is 170 Å². The van der Waals surface area contributed by atoms with Crippen molar-refractivity contribution in [1.82, 2.24) is 9.88 Å². The van der Waals surface area contributed by atoms with Crippen LogP contribution in [0, 0.1) is 6.92 Å². The summed E-state index contributed by atoms with van der Waals surface area (Å²) in [7, 11) is 3.19. The molecule has 0 radical (unpaired) electrons. The third-order valence-electron chi connectivity index (χ3n) is 5.69. The molecule has 29 heavy (non-hydrogen) atoms. The second kappa shape index (κ2) is 8.17. The van der Waals surface area contributed by atoms with Crippen molar-refractivity contribution in [3.8, 4) is 11.5 Å². The van der Waals surface area contributed by atoms with Crippen molar-refractivity contribution in [1.29, 1.82) is 0 Å². The van der Waals surface area contributed by atoms with Crippen molar-refractivity contribution in [2.45, 2.75) is 13.5 Å². The maximum Gasteiger partial charge on any atom is 0.194 e. The van der Waals surface area contributed by atoms with Crippen LogP contribution in [0.2, 0.25) is 0 Å². The average molecular weight is 393 g/mol. The SMILES string of the molecule is COc1cc(OC)c2[nH]c(C)c(CN3CCN(c4ccccc4)CC3)c(=O)c2c1. The zero-order valence-electron chi connectivity index (χ0n) is 17.2. The van der Waals surface area contributed by atoms with E-state index in [0.29, 0.717) is 28.9 Å². The number of nitrogens with one attached hydrogen (secondary N) is 1. The third-order valence-corrected chi connectivity index (χ3v) is 5.69. The molecule has 1 aliphatic rings. The summed E-state index contributed by atoms with van der Waals surface area (Å²) < 4.78 is 10.8. The number of hydrogen-bond acceptors (Lipinski definition) is 5. The van der Waals surface area contributed by atoms with Crippen molar-refractivity contribution in [3.63, 3.8) is 0 Å². The van der Waals surface area contributed by atoms with Gasteiger partial charge in [-0.3, -0.25) is 9.69 Å². The highest BCUT2D eigenvalue weighted by Gasteiger charge is 2.20. The molecule has 1 N–H and O–H groups in total. The van der Waals surface area contributed by atoms with Crippen LogP contribution in [0.3, 0.4) is 0 Å². The van der Waals surface area contributed by atoms with E-state index in [4.69, 9.17) is 9.47 Å². The van der Waals surface area contributed by atoms with Crippen molar-refractivity contribution in [3.05, 3.63) is 63.9 Å². The highest BCUT2D eigenvalue weighted by molar-refractivity contribution is 5.87. The number of para-hydroxylation sites is 1. The topological polar surface area (TPSA) is 57.8 Å². The molecule has 2 heterocycles. The lowest BCUT2D eigenvalue weighted by Gasteiger charge is -2.36. The standard InChI is InChI=1S/C23H27N3O3/c1-16-20(15-25-9-11-26(12-10-25)17-7-5-4-6-8-17)23(27)19-13-18(28-2)14-21(29-3)22(19)24-16/h4-8,13-14H,9-12,15H2,1-3H3,(H,24,27). The van der Waals surface area contributed by atoms with Crippen LogP contribution in [-0.2, 0) is 6.54 Å². The molecule has 3 aromatic rings. The quantitative estimate of drug-likeness (QED) is 0.722. The number of ether oxygens (including phenoxy) is 2. The first-order valence-electron chi connectivity index (χ1n) is 9.90. The first-order chi connectivity index (χ1) is 14.1. The maximum absolute atomic E-state index is 13.3. The largest absolute Gasteiger partial charge is 0.497 e. The number of aromatic nitrogens is 1. The maximum atomic E-state index is 13.3. The van der Waals surface area contributed by atoms with E-state index >= 15 is 0 Å². The summed E-state index contributed by atoms with van der Waals surface area (Å²) in [6, 6.07) is 14.1. The van der Waals surface area contributed by atoms with Gasteiger partial charge >= 0.3 is 0 Å². The molecule has 6 nitrogen and oxygen atoms in total. The molecule has 0 spiro atoms. The van der Waals surface area contributed by atoms with Gasteiger partial charge in [-0.05, 0) is 25.1 Å². The van der Waals surface area contributed by atoms with Crippen LogP contribution in [0.4, 0.5) is 5.69 Å². The predicted octanol–water partition coefficient (Wildman–Crippen LogP) is 3.18. The number of fused-ring (bicyclic) bond motifs is 1. The molecule has 1 aliphatic heterocycles.